The first kappa shape index (κ1) is 13.7. The minimum Gasteiger partial charge on any atom is -0.497 e. The summed E-state index contributed by atoms with van der Waals surface area (Å²) in [6, 6.07) is 13.7. The molecule has 0 bridgehead atoms. The lowest BCUT2D eigenvalue weighted by Gasteiger charge is -2.30. The van der Waals surface area contributed by atoms with Crippen molar-refractivity contribution in [2.24, 2.45) is 0 Å². The summed E-state index contributed by atoms with van der Waals surface area (Å²) in [7, 11) is 1.61. The lowest BCUT2D eigenvalue weighted by atomic mass is 9.78. The van der Waals surface area contributed by atoms with Gasteiger partial charge in [0.2, 0.25) is 0 Å². The van der Waals surface area contributed by atoms with Crippen molar-refractivity contribution in [3.05, 3.63) is 59.2 Å². The van der Waals surface area contributed by atoms with E-state index in [9.17, 15) is 4.79 Å². The van der Waals surface area contributed by atoms with Crippen LogP contribution in [0.1, 0.15) is 34.3 Å². The van der Waals surface area contributed by atoms with Crippen LogP contribution in [0.15, 0.2) is 42.5 Å². The zero-order valence-electron chi connectivity index (χ0n) is 12.3. The number of carbonyl (C=O) groups excluding carboxylic acids is 1. The van der Waals surface area contributed by atoms with E-state index >= 15 is 0 Å². The Morgan fingerprint density at radius 1 is 1.24 bits per heavy atom. The number of hydrogen-bond acceptors (Lipinski definition) is 3. The van der Waals surface area contributed by atoms with Crippen LogP contribution in [0.2, 0.25) is 0 Å². The van der Waals surface area contributed by atoms with Crippen LogP contribution in [-0.4, -0.2) is 19.5 Å². The Morgan fingerprint density at radius 2 is 2.05 bits per heavy atom. The van der Waals surface area contributed by atoms with Crippen LogP contribution < -0.4 is 9.47 Å². The van der Waals surface area contributed by atoms with E-state index in [-0.39, 0.29) is 5.78 Å². The third kappa shape index (κ3) is 2.64. The fraction of sp³-hybridized carbons (Fsp3) is 0.278. The molecule has 2 aromatic rings. The fourth-order valence-electron chi connectivity index (χ4n) is 2.74. The van der Waals surface area contributed by atoms with Crippen molar-refractivity contribution in [3.63, 3.8) is 0 Å². The van der Waals surface area contributed by atoms with Gasteiger partial charge < -0.3 is 9.47 Å². The molecule has 0 N–H and O–H groups in total. The molecule has 21 heavy (non-hydrogen) atoms. The van der Waals surface area contributed by atoms with E-state index in [1.807, 2.05) is 0 Å². The van der Waals surface area contributed by atoms with Crippen molar-refractivity contribution in [2.75, 3.05) is 13.7 Å². The number of benzene rings is 2. The molecule has 0 saturated heterocycles. The molecule has 0 aliphatic heterocycles. The van der Waals surface area contributed by atoms with Gasteiger partial charge in [0.1, 0.15) is 11.5 Å². The van der Waals surface area contributed by atoms with Crippen LogP contribution in [0.5, 0.6) is 11.5 Å². The van der Waals surface area contributed by atoms with E-state index in [4.69, 9.17) is 9.47 Å². The number of ether oxygens (including phenoxy) is 2. The summed E-state index contributed by atoms with van der Waals surface area (Å²) in [5.74, 6) is 1.71. The average Bonchev–Trinajstić information content (AvgIpc) is 2.47. The third-order valence-electron chi connectivity index (χ3n) is 3.97. The summed E-state index contributed by atoms with van der Waals surface area (Å²) in [6.07, 6.45) is 1.04. The third-order valence-corrected chi connectivity index (χ3v) is 3.97. The highest BCUT2D eigenvalue weighted by atomic mass is 16.5. The molecule has 0 heterocycles. The first-order valence-corrected chi connectivity index (χ1v) is 7.08. The molecular weight excluding hydrogens is 264 g/mol. The van der Waals surface area contributed by atoms with E-state index in [1.54, 1.807) is 32.2 Å². The van der Waals surface area contributed by atoms with Crippen molar-refractivity contribution in [1.29, 1.82) is 0 Å². The van der Waals surface area contributed by atoms with Crippen LogP contribution in [0.4, 0.5) is 0 Å². The Morgan fingerprint density at radius 3 is 2.76 bits per heavy atom. The molecule has 1 atom stereocenters. The Labute approximate surface area is 124 Å². The van der Waals surface area contributed by atoms with Crippen LogP contribution in [0, 0.1) is 0 Å². The summed E-state index contributed by atoms with van der Waals surface area (Å²) in [5.41, 5.74) is 3.34. The van der Waals surface area contributed by atoms with E-state index < -0.39 is 0 Å². The molecule has 3 rings (SSSR count). The van der Waals surface area contributed by atoms with E-state index in [1.165, 1.54) is 11.1 Å². The minimum absolute atomic E-state index is 0.00154. The minimum atomic E-state index is 0.00154. The van der Waals surface area contributed by atoms with Crippen LogP contribution in [0.3, 0.4) is 0 Å². The topological polar surface area (TPSA) is 35.5 Å². The molecule has 0 radical (unpaired) electrons. The summed E-state index contributed by atoms with van der Waals surface area (Å²) in [4.78, 5) is 11.7. The zero-order chi connectivity index (χ0) is 14.8. The van der Waals surface area contributed by atoms with Crippen molar-refractivity contribution in [3.8, 4) is 11.5 Å². The quantitative estimate of drug-likeness (QED) is 0.786. The van der Waals surface area contributed by atoms with Crippen molar-refractivity contribution >= 4 is 5.78 Å². The molecule has 1 aliphatic carbocycles. The van der Waals surface area contributed by atoms with Gasteiger partial charge in [0, 0.05) is 12.0 Å². The molecular formula is C18H18O3. The molecule has 3 nitrogen and oxygen atoms in total. The van der Waals surface area contributed by atoms with Crippen LogP contribution >= 0.6 is 0 Å². The summed E-state index contributed by atoms with van der Waals surface area (Å²) >= 11 is 0. The van der Waals surface area contributed by atoms with Gasteiger partial charge >= 0.3 is 0 Å². The molecule has 1 aliphatic rings. The Kier molecular flexibility index (Phi) is 3.65. The number of carbonyl (C=O) groups is 1. The number of methoxy groups -OCH3 is 1. The normalized spacial score (nSPS) is 15.8. The van der Waals surface area contributed by atoms with Gasteiger partial charge in [-0.15, -0.1) is 0 Å². The molecule has 0 saturated carbocycles. The predicted molar refractivity (Wildman–Crippen MR) is 81.4 cm³/mol. The van der Waals surface area contributed by atoms with Crippen molar-refractivity contribution in [2.45, 2.75) is 19.3 Å². The van der Waals surface area contributed by atoms with Gasteiger partial charge in [-0.05, 0) is 36.6 Å². The summed E-state index contributed by atoms with van der Waals surface area (Å²) in [5, 5.41) is 0. The molecule has 1 unspecified atom stereocenters. The maximum absolute atomic E-state index is 11.7. The standard InChI is InChI=1S/C18H18O3/c1-12(19)16-8-7-15(20-2)10-18(16)21-11-14-9-13-5-3-4-6-17(13)14/h3-8,10,14H,9,11H2,1-2H3. The largest absolute Gasteiger partial charge is 0.497 e. The second kappa shape index (κ2) is 5.60. The van der Waals surface area contributed by atoms with Crippen molar-refractivity contribution in [1.82, 2.24) is 0 Å². The highest BCUT2D eigenvalue weighted by molar-refractivity contribution is 5.97. The number of fused-ring (bicyclic) bond motifs is 1. The van der Waals surface area contributed by atoms with Gasteiger partial charge in [-0.3, -0.25) is 4.79 Å². The molecule has 0 aromatic heterocycles. The highest BCUT2D eigenvalue weighted by Crippen LogP contribution is 2.36. The van der Waals surface area contributed by atoms with Gasteiger partial charge in [-0.25, -0.2) is 0 Å². The van der Waals surface area contributed by atoms with Gasteiger partial charge in [0.15, 0.2) is 5.78 Å². The monoisotopic (exact) mass is 282 g/mol. The first-order valence-electron chi connectivity index (χ1n) is 7.08. The molecule has 0 amide bonds. The maximum atomic E-state index is 11.7. The second-order valence-electron chi connectivity index (χ2n) is 5.33. The van der Waals surface area contributed by atoms with Gasteiger partial charge in [-0.2, -0.15) is 0 Å². The molecule has 0 fully saturated rings. The first-order chi connectivity index (χ1) is 10.2. The highest BCUT2D eigenvalue weighted by Gasteiger charge is 2.26. The molecule has 2 aromatic carbocycles. The molecule has 108 valence electrons. The van der Waals surface area contributed by atoms with Gasteiger partial charge in [0.25, 0.3) is 0 Å². The van der Waals surface area contributed by atoms with Crippen molar-refractivity contribution < 1.29 is 14.3 Å². The predicted octanol–water partition coefficient (Wildman–Crippen LogP) is 3.62. The lowest BCUT2D eigenvalue weighted by Crippen LogP contribution is -2.23. The molecule has 0 spiro atoms. The smallest absolute Gasteiger partial charge is 0.163 e. The Bertz CT molecular complexity index is 676. The van der Waals surface area contributed by atoms with Gasteiger partial charge in [0.05, 0.1) is 19.3 Å². The van der Waals surface area contributed by atoms with E-state index in [0.717, 1.165) is 6.42 Å². The SMILES string of the molecule is COc1ccc(C(C)=O)c(OCC2Cc3ccccc32)c1. The van der Waals surface area contributed by atoms with E-state index in [0.29, 0.717) is 29.6 Å². The lowest BCUT2D eigenvalue weighted by molar-refractivity contribution is 0.101. The van der Waals surface area contributed by atoms with E-state index in [2.05, 4.69) is 24.3 Å². The average molecular weight is 282 g/mol. The molecule has 3 heteroatoms. The summed E-state index contributed by atoms with van der Waals surface area (Å²) < 4.78 is 11.1. The zero-order valence-corrected chi connectivity index (χ0v) is 12.3. The second-order valence-corrected chi connectivity index (χ2v) is 5.33. The van der Waals surface area contributed by atoms with Gasteiger partial charge in [-0.1, -0.05) is 24.3 Å². The Hall–Kier alpha value is -2.29. The Balaban J connectivity index is 1.75. The number of rotatable bonds is 5. The summed E-state index contributed by atoms with van der Waals surface area (Å²) in [6.45, 7) is 2.14. The van der Waals surface area contributed by atoms with Crippen LogP contribution in [-0.2, 0) is 6.42 Å². The fourth-order valence-corrected chi connectivity index (χ4v) is 2.74. The number of hydrogen-bond donors (Lipinski definition) is 0. The maximum Gasteiger partial charge on any atom is 0.163 e. The van der Waals surface area contributed by atoms with Crippen LogP contribution in [0.25, 0.3) is 0 Å². The number of ketones is 1. The number of Topliss-reactive ketones (excluding diaryl/α,β-unsaturated/α-hetero) is 1.